The van der Waals surface area contributed by atoms with Gasteiger partial charge in [0.2, 0.25) is 0 Å². The quantitative estimate of drug-likeness (QED) is 0.789. The van der Waals surface area contributed by atoms with Crippen LogP contribution in [0.15, 0.2) is 24.9 Å². The normalized spacial score (nSPS) is 17.8. The molecule has 0 bridgehead atoms. The van der Waals surface area contributed by atoms with E-state index in [0.29, 0.717) is 5.92 Å². The Labute approximate surface area is 93.6 Å². The van der Waals surface area contributed by atoms with E-state index in [-0.39, 0.29) is 6.17 Å². The van der Waals surface area contributed by atoms with Crippen molar-refractivity contribution < 1.29 is 0 Å². The van der Waals surface area contributed by atoms with Crippen molar-refractivity contribution in [2.75, 3.05) is 5.32 Å². The molecular formula is C11H13N5. The third kappa shape index (κ3) is 1.21. The third-order valence-electron chi connectivity index (χ3n) is 2.84. The highest BCUT2D eigenvalue weighted by molar-refractivity contribution is 5.71. The summed E-state index contributed by atoms with van der Waals surface area (Å²) < 4.78 is 2.14. The summed E-state index contributed by atoms with van der Waals surface area (Å²) in [6.45, 7) is 4.35. The van der Waals surface area contributed by atoms with Gasteiger partial charge in [-0.2, -0.15) is 0 Å². The molecule has 0 radical (unpaired) electrons. The van der Waals surface area contributed by atoms with Gasteiger partial charge in [-0.25, -0.2) is 15.0 Å². The van der Waals surface area contributed by atoms with Crippen LogP contribution in [0.3, 0.4) is 0 Å². The molecule has 1 unspecified atom stereocenters. The molecule has 0 spiro atoms. The molecule has 0 aliphatic carbocycles. The summed E-state index contributed by atoms with van der Waals surface area (Å²) in [5.41, 5.74) is 0.962. The van der Waals surface area contributed by atoms with Crippen LogP contribution < -0.4 is 5.32 Å². The van der Waals surface area contributed by atoms with Crippen molar-refractivity contribution in [3.05, 3.63) is 24.9 Å². The maximum absolute atomic E-state index is 4.37. The molecule has 0 saturated heterocycles. The van der Waals surface area contributed by atoms with Gasteiger partial charge in [-0.1, -0.05) is 13.8 Å². The highest BCUT2D eigenvalue weighted by Gasteiger charge is 2.26. The van der Waals surface area contributed by atoms with E-state index in [2.05, 4.69) is 38.7 Å². The molecule has 1 N–H and O–H groups in total. The Morgan fingerprint density at radius 1 is 1.38 bits per heavy atom. The number of imidazole rings is 1. The lowest BCUT2D eigenvalue weighted by atomic mass is 10.1. The molecule has 16 heavy (non-hydrogen) atoms. The molecular weight excluding hydrogens is 202 g/mol. The van der Waals surface area contributed by atoms with E-state index in [9.17, 15) is 0 Å². The Bertz CT molecular complexity index is 517. The Morgan fingerprint density at radius 3 is 3.06 bits per heavy atom. The first-order valence-electron chi connectivity index (χ1n) is 5.37. The summed E-state index contributed by atoms with van der Waals surface area (Å²) in [6, 6.07) is 0. The zero-order valence-corrected chi connectivity index (χ0v) is 9.25. The lowest BCUT2D eigenvalue weighted by molar-refractivity contribution is 0.416. The molecule has 5 heteroatoms. The molecule has 0 aromatic carbocycles. The predicted molar refractivity (Wildman–Crippen MR) is 60.8 cm³/mol. The van der Waals surface area contributed by atoms with E-state index in [4.69, 9.17) is 0 Å². The van der Waals surface area contributed by atoms with Gasteiger partial charge in [0.1, 0.15) is 24.1 Å². The van der Waals surface area contributed by atoms with Crippen molar-refractivity contribution >= 4 is 5.82 Å². The summed E-state index contributed by atoms with van der Waals surface area (Å²) in [4.78, 5) is 12.7. The number of rotatable bonds is 1. The molecule has 1 atom stereocenters. The summed E-state index contributed by atoms with van der Waals surface area (Å²) >= 11 is 0. The van der Waals surface area contributed by atoms with Gasteiger partial charge in [-0.15, -0.1) is 0 Å². The fourth-order valence-electron chi connectivity index (χ4n) is 2.05. The standard InChI is InChI=1S/C11H13N5/c1-7(2)10-15-9-8(5-12-6-14-9)11-13-3-4-16(10)11/h3-7,10H,1-2H3,(H,12,14,15). The first kappa shape index (κ1) is 9.33. The molecule has 1 aliphatic rings. The van der Waals surface area contributed by atoms with Gasteiger partial charge in [0, 0.05) is 18.6 Å². The average Bonchev–Trinajstić information content (AvgIpc) is 2.76. The fourth-order valence-corrected chi connectivity index (χ4v) is 2.05. The molecule has 3 rings (SSSR count). The minimum atomic E-state index is 0.208. The minimum Gasteiger partial charge on any atom is -0.349 e. The Balaban J connectivity index is 2.19. The molecule has 82 valence electrons. The molecule has 5 nitrogen and oxygen atoms in total. The molecule has 1 aliphatic heterocycles. The van der Waals surface area contributed by atoms with Crippen LogP contribution in [0.2, 0.25) is 0 Å². The fraction of sp³-hybridized carbons (Fsp3) is 0.364. The number of nitrogens with zero attached hydrogens (tertiary/aromatic N) is 4. The van der Waals surface area contributed by atoms with Crippen LogP contribution in [0.1, 0.15) is 20.0 Å². The number of anilines is 1. The monoisotopic (exact) mass is 215 g/mol. The largest absolute Gasteiger partial charge is 0.349 e. The van der Waals surface area contributed by atoms with Gasteiger partial charge < -0.3 is 9.88 Å². The summed E-state index contributed by atoms with van der Waals surface area (Å²) in [6.07, 6.45) is 7.36. The SMILES string of the molecule is CC(C)C1Nc2ncncc2-c2nccn21. The van der Waals surface area contributed by atoms with Crippen LogP contribution in [-0.4, -0.2) is 19.5 Å². The maximum Gasteiger partial charge on any atom is 0.146 e. The van der Waals surface area contributed by atoms with Crippen LogP contribution in [0.5, 0.6) is 0 Å². The van der Waals surface area contributed by atoms with Crippen molar-refractivity contribution in [3.63, 3.8) is 0 Å². The predicted octanol–water partition coefficient (Wildman–Crippen LogP) is 1.92. The number of nitrogens with one attached hydrogen (secondary N) is 1. The molecule has 2 aromatic rings. The minimum absolute atomic E-state index is 0.208. The highest BCUT2D eigenvalue weighted by Crippen LogP contribution is 2.35. The smallest absolute Gasteiger partial charge is 0.146 e. The Kier molecular flexibility index (Phi) is 1.92. The van der Waals surface area contributed by atoms with E-state index >= 15 is 0 Å². The lowest BCUT2D eigenvalue weighted by Gasteiger charge is -2.30. The number of aromatic nitrogens is 4. The van der Waals surface area contributed by atoms with Crippen LogP contribution in [-0.2, 0) is 0 Å². The van der Waals surface area contributed by atoms with Gasteiger partial charge in [0.05, 0.1) is 5.56 Å². The number of fused-ring (bicyclic) bond motifs is 3. The van der Waals surface area contributed by atoms with Crippen LogP contribution in [0, 0.1) is 5.92 Å². The molecule has 3 heterocycles. The summed E-state index contributed by atoms with van der Waals surface area (Å²) in [7, 11) is 0. The van der Waals surface area contributed by atoms with Gasteiger partial charge in [-0.3, -0.25) is 0 Å². The third-order valence-corrected chi connectivity index (χ3v) is 2.84. The van der Waals surface area contributed by atoms with E-state index < -0.39 is 0 Å². The van der Waals surface area contributed by atoms with E-state index in [1.165, 1.54) is 0 Å². The van der Waals surface area contributed by atoms with Gasteiger partial charge in [-0.05, 0) is 5.92 Å². The lowest BCUT2D eigenvalue weighted by Crippen LogP contribution is -2.28. The van der Waals surface area contributed by atoms with Crippen molar-refractivity contribution in [3.8, 4) is 11.4 Å². The zero-order valence-electron chi connectivity index (χ0n) is 9.25. The second-order valence-corrected chi connectivity index (χ2v) is 4.28. The van der Waals surface area contributed by atoms with Crippen molar-refractivity contribution in [2.45, 2.75) is 20.0 Å². The maximum atomic E-state index is 4.37. The molecule has 2 aromatic heterocycles. The van der Waals surface area contributed by atoms with Gasteiger partial charge in [0.25, 0.3) is 0 Å². The van der Waals surface area contributed by atoms with Crippen LogP contribution >= 0.6 is 0 Å². The van der Waals surface area contributed by atoms with Crippen molar-refractivity contribution in [1.82, 2.24) is 19.5 Å². The van der Waals surface area contributed by atoms with Gasteiger partial charge >= 0.3 is 0 Å². The highest BCUT2D eigenvalue weighted by atomic mass is 15.3. The molecule has 0 fully saturated rings. The first-order valence-corrected chi connectivity index (χ1v) is 5.37. The molecule has 0 amide bonds. The summed E-state index contributed by atoms with van der Waals surface area (Å²) in [5.74, 6) is 2.27. The van der Waals surface area contributed by atoms with E-state index in [1.54, 1.807) is 12.5 Å². The number of hydrogen-bond acceptors (Lipinski definition) is 4. The summed E-state index contributed by atoms with van der Waals surface area (Å²) in [5, 5.41) is 3.41. The first-order chi connectivity index (χ1) is 7.77. The van der Waals surface area contributed by atoms with Crippen molar-refractivity contribution in [2.24, 2.45) is 5.92 Å². The second-order valence-electron chi connectivity index (χ2n) is 4.28. The Morgan fingerprint density at radius 2 is 2.25 bits per heavy atom. The van der Waals surface area contributed by atoms with Crippen molar-refractivity contribution in [1.29, 1.82) is 0 Å². The topological polar surface area (TPSA) is 55.6 Å². The van der Waals surface area contributed by atoms with Crippen LogP contribution in [0.25, 0.3) is 11.4 Å². The van der Waals surface area contributed by atoms with E-state index in [0.717, 1.165) is 17.2 Å². The Hall–Kier alpha value is -1.91. The van der Waals surface area contributed by atoms with Gasteiger partial charge in [0.15, 0.2) is 0 Å². The zero-order chi connectivity index (χ0) is 11.1. The second kappa shape index (κ2) is 3.30. The number of hydrogen-bond donors (Lipinski definition) is 1. The van der Waals surface area contributed by atoms with Crippen LogP contribution in [0.4, 0.5) is 5.82 Å². The average molecular weight is 215 g/mol. The van der Waals surface area contributed by atoms with E-state index in [1.807, 2.05) is 12.4 Å². The molecule has 0 saturated carbocycles.